The highest BCUT2D eigenvalue weighted by molar-refractivity contribution is 5.86. The van der Waals surface area contributed by atoms with E-state index in [4.69, 9.17) is 9.84 Å². The molecular formula is C16H11F3N2O3. The van der Waals surface area contributed by atoms with E-state index in [1.54, 1.807) is 18.2 Å². The molecule has 1 aromatic heterocycles. The lowest BCUT2D eigenvalue weighted by Crippen LogP contribution is -2.09. The first kappa shape index (κ1) is 15.9. The van der Waals surface area contributed by atoms with Crippen molar-refractivity contribution in [2.45, 2.75) is 6.18 Å². The highest BCUT2D eigenvalue weighted by Gasteiger charge is 2.30. The number of benzene rings is 2. The number of alkyl halides is 3. The first-order valence-electron chi connectivity index (χ1n) is 6.85. The summed E-state index contributed by atoms with van der Waals surface area (Å²) in [5.74, 6) is -0.768. The minimum atomic E-state index is -4.40. The predicted octanol–water partition coefficient (Wildman–Crippen LogP) is 3.51. The van der Waals surface area contributed by atoms with Crippen LogP contribution in [-0.2, 0) is 11.0 Å². The number of rotatable bonds is 4. The van der Waals surface area contributed by atoms with Crippen LogP contribution in [0.5, 0.6) is 5.75 Å². The van der Waals surface area contributed by atoms with Gasteiger partial charge in [0.25, 0.3) is 0 Å². The Morgan fingerprint density at radius 3 is 2.50 bits per heavy atom. The number of ether oxygens (including phenoxy) is 1. The normalized spacial score (nSPS) is 11.6. The van der Waals surface area contributed by atoms with Gasteiger partial charge in [0, 0.05) is 0 Å². The monoisotopic (exact) mass is 336 g/mol. The highest BCUT2D eigenvalue weighted by atomic mass is 19.4. The molecule has 0 amide bonds. The van der Waals surface area contributed by atoms with Crippen molar-refractivity contribution in [3.8, 4) is 11.4 Å². The molecule has 0 atom stereocenters. The second kappa shape index (κ2) is 5.88. The Morgan fingerprint density at radius 1 is 1.17 bits per heavy atom. The fraction of sp³-hybridized carbons (Fsp3) is 0.125. The zero-order chi connectivity index (χ0) is 17.3. The molecule has 8 heteroatoms. The minimum absolute atomic E-state index is 0.341. The van der Waals surface area contributed by atoms with Gasteiger partial charge in [0.15, 0.2) is 6.61 Å². The van der Waals surface area contributed by atoms with Crippen LogP contribution in [0.2, 0.25) is 0 Å². The summed E-state index contributed by atoms with van der Waals surface area (Å²) in [7, 11) is 0. The Kier molecular flexibility index (Phi) is 3.88. The van der Waals surface area contributed by atoms with E-state index in [0.29, 0.717) is 22.3 Å². The van der Waals surface area contributed by atoms with Crippen molar-refractivity contribution in [3.05, 3.63) is 54.2 Å². The summed E-state index contributed by atoms with van der Waals surface area (Å²) in [6.07, 6.45) is -2.92. The summed E-state index contributed by atoms with van der Waals surface area (Å²) in [6, 6.07) is 9.57. The maximum absolute atomic E-state index is 12.6. The van der Waals surface area contributed by atoms with Gasteiger partial charge >= 0.3 is 12.1 Å². The first-order chi connectivity index (χ1) is 11.4. The maximum atomic E-state index is 12.6. The van der Waals surface area contributed by atoms with Crippen LogP contribution < -0.4 is 4.74 Å². The van der Waals surface area contributed by atoms with E-state index in [2.05, 4.69) is 5.10 Å². The van der Waals surface area contributed by atoms with E-state index in [-0.39, 0.29) is 0 Å². The summed E-state index contributed by atoms with van der Waals surface area (Å²) in [4.78, 5) is 10.6. The Bertz CT molecular complexity index is 886. The molecule has 0 aliphatic rings. The molecule has 3 aromatic rings. The fourth-order valence-corrected chi connectivity index (χ4v) is 2.29. The van der Waals surface area contributed by atoms with Crippen LogP contribution in [0.15, 0.2) is 48.7 Å². The number of carbonyl (C=O) groups is 1. The molecule has 24 heavy (non-hydrogen) atoms. The molecule has 3 rings (SSSR count). The van der Waals surface area contributed by atoms with Crippen LogP contribution in [0.3, 0.4) is 0 Å². The van der Waals surface area contributed by atoms with E-state index in [1.165, 1.54) is 23.0 Å². The molecule has 0 bridgehead atoms. The van der Waals surface area contributed by atoms with Crippen LogP contribution in [0.1, 0.15) is 5.56 Å². The molecule has 0 unspecified atom stereocenters. The number of fused-ring (bicyclic) bond motifs is 1. The number of hydrogen-bond donors (Lipinski definition) is 1. The fourth-order valence-electron chi connectivity index (χ4n) is 2.29. The van der Waals surface area contributed by atoms with Crippen LogP contribution in [0.25, 0.3) is 16.6 Å². The quantitative estimate of drug-likeness (QED) is 0.792. The number of carboxylic acid groups (broad SMARTS) is 1. The van der Waals surface area contributed by atoms with Crippen LogP contribution in [0.4, 0.5) is 13.2 Å². The van der Waals surface area contributed by atoms with Crippen molar-refractivity contribution in [3.63, 3.8) is 0 Å². The molecule has 0 aliphatic carbocycles. The number of aromatic nitrogens is 2. The first-order valence-corrected chi connectivity index (χ1v) is 6.85. The molecule has 0 saturated heterocycles. The average Bonchev–Trinajstić information content (AvgIpc) is 2.96. The van der Waals surface area contributed by atoms with Gasteiger partial charge in [-0.3, -0.25) is 0 Å². The number of halogens is 3. The molecule has 0 aliphatic heterocycles. The van der Waals surface area contributed by atoms with E-state index in [0.717, 1.165) is 12.1 Å². The van der Waals surface area contributed by atoms with Gasteiger partial charge in [-0.25, -0.2) is 9.48 Å². The molecule has 1 N–H and O–H groups in total. The van der Waals surface area contributed by atoms with E-state index >= 15 is 0 Å². The third-order valence-electron chi connectivity index (χ3n) is 3.36. The smallest absolute Gasteiger partial charge is 0.416 e. The van der Waals surface area contributed by atoms with Gasteiger partial charge in [-0.05, 0) is 36.4 Å². The second-order valence-electron chi connectivity index (χ2n) is 4.97. The lowest BCUT2D eigenvalue weighted by molar-refractivity contribution is -0.139. The van der Waals surface area contributed by atoms with Gasteiger partial charge in [0.05, 0.1) is 28.4 Å². The van der Waals surface area contributed by atoms with E-state index in [1.807, 2.05) is 0 Å². The zero-order valence-electron chi connectivity index (χ0n) is 12.1. The predicted molar refractivity (Wildman–Crippen MR) is 79.2 cm³/mol. The zero-order valence-corrected chi connectivity index (χ0v) is 12.1. The number of nitrogens with zero attached hydrogens (tertiary/aromatic N) is 2. The molecule has 5 nitrogen and oxygen atoms in total. The van der Waals surface area contributed by atoms with Gasteiger partial charge in [-0.1, -0.05) is 6.07 Å². The minimum Gasteiger partial charge on any atom is -0.481 e. The van der Waals surface area contributed by atoms with Crippen LogP contribution in [-0.4, -0.2) is 27.5 Å². The summed E-state index contributed by atoms with van der Waals surface area (Å²) in [5.41, 5.74) is 0.305. The van der Waals surface area contributed by atoms with E-state index < -0.39 is 24.3 Å². The standard InChI is InChI=1S/C16H11F3N2O3/c17-16(18,19)10-4-6-11(7-5-10)21-13-2-1-3-14(12(13)8-20-21)24-9-15(22)23/h1-8H,9H2,(H,22,23). The Labute approximate surface area is 133 Å². The highest BCUT2D eigenvalue weighted by Crippen LogP contribution is 2.31. The number of hydrogen-bond acceptors (Lipinski definition) is 3. The van der Waals surface area contributed by atoms with Crippen LogP contribution in [0, 0.1) is 0 Å². The van der Waals surface area contributed by atoms with Gasteiger partial charge in [-0.2, -0.15) is 18.3 Å². The Balaban J connectivity index is 1.99. The lowest BCUT2D eigenvalue weighted by Gasteiger charge is -2.09. The third kappa shape index (κ3) is 3.03. The molecule has 2 aromatic carbocycles. The summed E-state index contributed by atoms with van der Waals surface area (Å²) in [5, 5.41) is 13.4. The van der Waals surface area contributed by atoms with Crippen molar-refractivity contribution < 1.29 is 27.8 Å². The van der Waals surface area contributed by atoms with Crippen molar-refractivity contribution in [2.75, 3.05) is 6.61 Å². The molecule has 0 radical (unpaired) electrons. The lowest BCUT2D eigenvalue weighted by atomic mass is 10.2. The summed E-state index contributed by atoms with van der Waals surface area (Å²) in [6.45, 7) is -0.495. The summed E-state index contributed by atoms with van der Waals surface area (Å²) >= 11 is 0. The molecule has 0 spiro atoms. The molecule has 0 saturated carbocycles. The van der Waals surface area contributed by atoms with Gasteiger partial charge in [0.2, 0.25) is 0 Å². The summed E-state index contributed by atoms with van der Waals surface area (Å²) < 4.78 is 44.5. The van der Waals surface area contributed by atoms with Gasteiger partial charge in [-0.15, -0.1) is 0 Å². The average molecular weight is 336 g/mol. The maximum Gasteiger partial charge on any atom is 0.416 e. The van der Waals surface area contributed by atoms with Gasteiger partial charge in [0.1, 0.15) is 5.75 Å². The van der Waals surface area contributed by atoms with Crippen molar-refractivity contribution in [1.82, 2.24) is 9.78 Å². The van der Waals surface area contributed by atoms with E-state index in [9.17, 15) is 18.0 Å². The van der Waals surface area contributed by atoms with Gasteiger partial charge < -0.3 is 9.84 Å². The topological polar surface area (TPSA) is 64.3 Å². The third-order valence-corrected chi connectivity index (χ3v) is 3.36. The largest absolute Gasteiger partial charge is 0.481 e. The second-order valence-corrected chi connectivity index (χ2v) is 4.97. The Morgan fingerprint density at radius 2 is 1.88 bits per heavy atom. The molecule has 0 fully saturated rings. The van der Waals surface area contributed by atoms with Crippen LogP contribution >= 0.6 is 0 Å². The van der Waals surface area contributed by atoms with Crippen molar-refractivity contribution in [1.29, 1.82) is 0 Å². The Hall–Kier alpha value is -3.03. The number of carboxylic acids is 1. The number of aliphatic carboxylic acids is 1. The molecule has 124 valence electrons. The molecular weight excluding hydrogens is 325 g/mol. The van der Waals surface area contributed by atoms with Crippen molar-refractivity contribution in [2.24, 2.45) is 0 Å². The SMILES string of the molecule is O=C(O)COc1cccc2c1cnn2-c1ccc(C(F)(F)F)cc1. The molecule has 1 heterocycles. The van der Waals surface area contributed by atoms with Crippen molar-refractivity contribution >= 4 is 16.9 Å².